The van der Waals surface area contributed by atoms with Gasteiger partial charge < -0.3 is 30.2 Å². The second kappa shape index (κ2) is 13.8. The third-order valence-electron chi connectivity index (χ3n) is 9.50. The SMILES string of the molecule is COc1cc(OC)c(-n2ccc(N)nc2=O)c(-c2ccc3nc(NC4CC(CN5C(=O)c6ccccc6C5=O)N(C(=O)OC(C)(C)C)C4)ncc3c2)c1C. The summed E-state index contributed by atoms with van der Waals surface area (Å²) in [6.07, 6.45) is 3.11. The molecule has 278 valence electrons. The molecule has 15 heteroatoms. The highest BCUT2D eigenvalue weighted by Crippen LogP contribution is 2.42. The van der Waals surface area contributed by atoms with Gasteiger partial charge in [-0.2, -0.15) is 4.98 Å². The van der Waals surface area contributed by atoms with Crippen LogP contribution in [0.15, 0.2) is 71.8 Å². The minimum absolute atomic E-state index is 0.0140. The molecule has 0 radical (unpaired) electrons. The number of nitrogens with two attached hydrogens (primary N) is 1. The van der Waals surface area contributed by atoms with E-state index < -0.39 is 23.4 Å². The number of rotatable bonds is 8. The number of aromatic nitrogens is 4. The van der Waals surface area contributed by atoms with Crippen molar-refractivity contribution in [3.63, 3.8) is 0 Å². The second-order valence-corrected chi connectivity index (χ2v) is 14.2. The van der Waals surface area contributed by atoms with Gasteiger partial charge in [0.2, 0.25) is 5.95 Å². The van der Waals surface area contributed by atoms with E-state index in [1.807, 2.05) is 25.1 Å². The summed E-state index contributed by atoms with van der Waals surface area (Å²) in [5.74, 6) is 0.625. The van der Waals surface area contributed by atoms with Gasteiger partial charge in [0.25, 0.3) is 11.8 Å². The Morgan fingerprint density at radius 2 is 1.67 bits per heavy atom. The Morgan fingerprint density at radius 3 is 2.31 bits per heavy atom. The normalized spacial score (nSPS) is 16.9. The molecule has 5 aromatic rings. The van der Waals surface area contributed by atoms with Crippen molar-refractivity contribution < 1.29 is 28.6 Å². The average molecular weight is 733 g/mol. The minimum atomic E-state index is -0.750. The fourth-order valence-corrected chi connectivity index (χ4v) is 7.06. The highest BCUT2D eigenvalue weighted by molar-refractivity contribution is 6.21. The van der Waals surface area contributed by atoms with E-state index in [1.54, 1.807) is 75.5 Å². The maximum atomic E-state index is 13.4. The van der Waals surface area contributed by atoms with Crippen LogP contribution in [0.2, 0.25) is 0 Å². The van der Waals surface area contributed by atoms with Crippen molar-refractivity contribution in [2.75, 3.05) is 38.4 Å². The molecular formula is C39H40N8O7. The fourth-order valence-electron chi connectivity index (χ4n) is 7.06. The average Bonchev–Trinajstić information content (AvgIpc) is 3.64. The summed E-state index contributed by atoms with van der Waals surface area (Å²) in [7, 11) is 3.08. The summed E-state index contributed by atoms with van der Waals surface area (Å²) in [5, 5.41) is 4.07. The quantitative estimate of drug-likeness (QED) is 0.207. The van der Waals surface area contributed by atoms with Crippen LogP contribution < -0.4 is 26.2 Å². The van der Waals surface area contributed by atoms with Gasteiger partial charge in [0.1, 0.15) is 28.6 Å². The van der Waals surface area contributed by atoms with Crippen molar-refractivity contribution in [3.05, 3.63) is 94.2 Å². The van der Waals surface area contributed by atoms with E-state index in [9.17, 15) is 19.2 Å². The van der Waals surface area contributed by atoms with Crippen molar-refractivity contribution in [1.82, 2.24) is 29.3 Å². The Bertz CT molecular complexity index is 2350. The smallest absolute Gasteiger partial charge is 0.410 e. The van der Waals surface area contributed by atoms with Crippen molar-refractivity contribution >= 4 is 40.6 Å². The lowest BCUT2D eigenvalue weighted by atomic mass is 9.95. The van der Waals surface area contributed by atoms with Crippen LogP contribution in [-0.4, -0.2) is 92.2 Å². The molecule has 2 aromatic heterocycles. The van der Waals surface area contributed by atoms with Crippen LogP contribution in [0.1, 0.15) is 53.5 Å². The summed E-state index contributed by atoms with van der Waals surface area (Å²) in [5.41, 5.74) is 8.47. The third kappa shape index (κ3) is 6.64. The first-order valence-corrected chi connectivity index (χ1v) is 17.4. The topological polar surface area (TPSA) is 184 Å². The maximum absolute atomic E-state index is 13.4. The molecule has 0 spiro atoms. The van der Waals surface area contributed by atoms with E-state index in [4.69, 9.17) is 24.9 Å². The Hall–Kier alpha value is -6.51. The van der Waals surface area contributed by atoms with Gasteiger partial charge in [-0.05, 0) is 70.0 Å². The van der Waals surface area contributed by atoms with E-state index in [0.29, 0.717) is 51.8 Å². The zero-order chi connectivity index (χ0) is 38.5. The number of imide groups is 1. The van der Waals surface area contributed by atoms with Gasteiger partial charge in [-0.15, -0.1) is 0 Å². The Labute approximate surface area is 310 Å². The van der Waals surface area contributed by atoms with Gasteiger partial charge in [0.15, 0.2) is 0 Å². The van der Waals surface area contributed by atoms with E-state index in [2.05, 4.69) is 15.3 Å². The number of ether oxygens (including phenoxy) is 3. The number of nitrogens with one attached hydrogen (secondary N) is 1. The number of carbonyl (C=O) groups is 3. The number of nitrogens with zero attached hydrogens (tertiary/aromatic N) is 6. The first kappa shape index (κ1) is 35.9. The summed E-state index contributed by atoms with van der Waals surface area (Å²) in [4.78, 5) is 68.9. The van der Waals surface area contributed by atoms with Crippen LogP contribution in [0.4, 0.5) is 16.6 Å². The molecule has 3 amide bonds. The summed E-state index contributed by atoms with van der Waals surface area (Å²) in [6, 6.07) is 14.8. The van der Waals surface area contributed by atoms with Crippen molar-refractivity contribution in [2.45, 2.75) is 51.8 Å². The number of amides is 3. The molecule has 2 aliphatic rings. The summed E-state index contributed by atoms with van der Waals surface area (Å²) >= 11 is 0. The molecule has 2 atom stereocenters. The van der Waals surface area contributed by atoms with Crippen molar-refractivity contribution in [1.29, 1.82) is 0 Å². The number of likely N-dealkylation sites (tertiary alicyclic amines) is 1. The van der Waals surface area contributed by atoms with Crippen LogP contribution in [-0.2, 0) is 4.74 Å². The highest BCUT2D eigenvalue weighted by Gasteiger charge is 2.43. The largest absolute Gasteiger partial charge is 0.496 e. The molecule has 54 heavy (non-hydrogen) atoms. The minimum Gasteiger partial charge on any atom is -0.496 e. The molecule has 3 aromatic carbocycles. The second-order valence-electron chi connectivity index (χ2n) is 14.2. The molecule has 1 saturated heterocycles. The number of benzene rings is 3. The number of fused-ring (bicyclic) bond motifs is 2. The first-order chi connectivity index (χ1) is 25.8. The molecule has 0 saturated carbocycles. The zero-order valence-corrected chi connectivity index (χ0v) is 30.7. The maximum Gasteiger partial charge on any atom is 0.410 e. The van der Waals surface area contributed by atoms with E-state index in [-0.39, 0.29) is 36.8 Å². The van der Waals surface area contributed by atoms with Gasteiger partial charge in [0, 0.05) is 54.1 Å². The molecule has 4 heterocycles. The molecule has 3 N–H and O–H groups in total. The predicted octanol–water partition coefficient (Wildman–Crippen LogP) is 4.84. The lowest BCUT2D eigenvalue weighted by Crippen LogP contribution is -2.46. The molecule has 0 bridgehead atoms. The third-order valence-corrected chi connectivity index (χ3v) is 9.50. The molecule has 2 aliphatic heterocycles. The number of hydrogen-bond acceptors (Lipinski definition) is 12. The first-order valence-electron chi connectivity index (χ1n) is 17.4. The summed E-state index contributed by atoms with van der Waals surface area (Å²) < 4.78 is 18.5. The van der Waals surface area contributed by atoms with Crippen LogP contribution in [0.3, 0.4) is 0 Å². The highest BCUT2D eigenvalue weighted by atomic mass is 16.6. The van der Waals surface area contributed by atoms with Gasteiger partial charge in [-0.3, -0.25) is 19.1 Å². The van der Waals surface area contributed by atoms with Gasteiger partial charge in [-0.1, -0.05) is 18.2 Å². The molecule has 7 rings (SSSR count). The zero-order valence-electron chi connectivity index (χ0n) is 30.7. The van der Waals surface area contributed by atoms with E-state index in [0.717, 1.165) is 16.5 Å². The molecule has 2 unspecified atom stereocenters. The standard InChI is InChI=1S/C39H40N8O7/c1-21-29(52-5)17-30(53-6)33(45-14-13-31(40)44-37(45)50)32(21)22-11-12-28-23(15-22)18-41-36(43-28)42-24-16-25(46(19-24)38(51)54-39(2,3)4)20-47-34(48)26-9-7-8-10-27(26)35(47)49/h7-15,17-18,24-25H,16,19-20H2,1-6H3,(H2,40,44,50)(H,41,42,43). The van der Waals surface area contributed by atoms with Gasteiger partial charge >= 0.3 is 11.8 Å². The number of carbonyl (C=O) groups excluding carboxylic acids is 3. The molecule has 1 fully saturated rings. The monoisotopic (exact) mass is 732 g/mol. The van der Waals surface area contributed by atoms with Crippen LogP contribution in [0.25, 0.3) is 27.7 Å². The van der Waals surface area contributed by atoms with E-state index in [1.165, 1.54) is 22.6 Å². The molecule has 15 nitrogen and oxygen atoms in total. The Morgan fingerprint density at radius 1 is 0.963 bits per heavy atom. The fraction of sp³-hybridized carbons (Fsp3) is 0.308. The number of methoxy groups -OCH3 is 2. The lowest BCUT2D eigenvalue weighted by Gasteiger charge is -2.30. The number of hydrogen-bond donors (Lipinski definition) is 2. The number of anilines is 2. The predicted molar refractivity (Wildman–Crippen MR) is 201 cm³/mol. The molecule has 0 aliphatic carbocycles. The van der Waals surface area contributed by atoms with Crippen molar-refractivity contribution in [3.8, 4) is 28.3 Å². The lowest BCUT2D eigenvalue weighted by molar-refractivity contribution is 0.0190. The van der Waals surface area contributed by atoms with E-state index >= 15 is 0 Å². The van der Waals surface area contributed by atoms with Crippen molar-refractivity contribution in [2.24, 2.45) is 0 Å². The van der Waals surface area contributed by atoms with Gasteiger partial charge in [-0.25, -0.2) is 19.6 Å². The van der Waals surface area contributed by atoms with Gasteiger partial charge in [0.05, 0.1) is 36.9 Å². The van der Waals surface area contributed by atoms with Crippen LogP contribution in [0, 0.1) is 6.92 Å². The van der Waals surface area contributed by atoms with Crippen LogP contribution >= 0.6 is 0 Å². The number of nitrogen functional groups attached to an aromatic ring is 1. The Balaban J connectivity index is 1.17. The molecular weight excluding hydrogens is 692 g/mol. The summed E-state index contributed by atoms with van der Waals surface area (Å²) in [6.45, 7) is 7.50. The van der Waals surface area contributed by atoms with Crippen LogP contribution in [0.5, 0.6) is 11.5 Å². The Kier molecular flexibility index (Phi) is 9.17.